The number of rotatable bonds is 5. The normalized spacial score (nSPS) is 39.8. The fourth-order valence-corrected chi connectivity index (χ4v) is 3.40. The van der Waals surface area contributed by atoms with E-state index in [2.05, 4.69) is 34.6 Å². The van der Waals surface area contributed by atoms with Crippen LogP contribution in [0.1, 0.15) is 53.9 Å². The molecule has 0 radical (unpaired) electrons. The third-order valence-electron chi connectivity index (χ3n) is 4.15. The van der Waals surface area contributed by atoms with Gasteiger partial charge in [0.05, 0.1) is 31.0 Å². The van der Waals surface area contributed by atoms with Gasteiger partial charge in [-0.2, -0.15) is 0 Å². The van der Waals surface area contributed by atoms with Gasteiger partial charge in [-0.05, 0) is 53.9 Å². The predicted molar refractivity (Wildman–Crippen MR) is 71.7 cm³/mol. The van der Waals surface area contributed by atoms with Crippen LogP contribution in [0, 0.1) is 5.92 Å². The second-order valence-corrected chi connectivity index (χ2v) is 6.41. The lowest BCUT2D eigenvalue weighted by atomic mass is 9.77. The quantitative estimate of drug-likeness (QED) is 0.756. The van der Waals surface area contributed by atoms with Gasteiger partial charge in [-0.1, -0.05) is 0 Å². The molecule has 3 nitrogen and oxygen atoms in total. The molecule has 2 rings (SSSR count). The zero-order valence-electron chi connectivity index (χ0n) is 12.4. The maximum absolute atomic E-state index is 6.29. The van der Waals surface area contributed by atoms with Gasteiger partial charge in [0.1, 0.15) is 5.60 Å². The molecule has 0 N–H and O–H groups in total. The SMILES string of the molecule is CC(C)OC[C@]12CCC[C@H](C1OC(C)C)[C@H](C)O2. The lowest BCUT2D eigenvalue weighted by Gasteiger charge is -2.40. The maximum atomic E-state index is 6.29. The third kappa shape index (κ3) is 2.73. The molecule has 4 atom stereocenters. The molecule has 1 aliphatic carbocycles. The summed E-state index contributed by atoms with van der Waals surface area (Å²) in [4.78, 5) is 0. The van der Waals surface area contributed by atoms with Crippen LogP contribution in [-0.2, 0) is 14.2 Å². The van der Waals surface area contributed by atoms with Gasteiger partial charge in [-0.3, -0.25) is 0 Å². The molecular weight excluding hydrogens is 228 g/mol. The molecule has 1 saturated heterocycles. The lowest BCUT2D eigenvalue weighted by molar-refractivity contribution is -0.164. The average molecular weight is 256 g/mol. The van der Waals surface area contributed by atoms with Crippen molar-refractivity contribution in [3.8, 4) is 0 Å². The second kappa shape index (κ2) is 5.48. The van der Waals surface area contributed by atoms with Crippen molar-refractivity contribution < 1.29 is 14.2 Å². The summed E-state index contributed by atoms with van der Waals surface area (Å²) in [5, 5.41) is 0. The zero-order chi connectivity index (χ0) is 13.3. The summed E-state index contributed by atoms with van der Waals surface area (Å²) >= 11 is 0. The van der Waals surface area contributed by atoms with Gasteiger partial charge in [0.25, 0.3) is 0 Å². The molecule has 106 valence electrons. The maximum Gasteiger partial charge on any atom is 0.118 e. The van der Waals surface area contributed by atoms with Crippen LogP contribution in [-0.4, -0.2) is 36.6 Å². The lowest BCUT2D eigenvalue weighted by Crippen LogP contribution is -2.50. The van der Waals surface area contributed by atoms with Gasteiger partial charge in [0.15, 0.2) is 0 Å². The molecule has 1 aliphatic heterocycles. The Morgan fingerprint density at radius 2 is 1.94 bits per heavy atom. The highest BCUT2D eigenvalue weighted by molar-refractivity contribution is 5.05. The van der Waals surface area contributed by atoms with Gasteiger partial charge in [0.2, 0.25) is 0 Å². The fourth-order valence-electron chi connectivity index (χ4n) is 3.40. The first-order chi connectivity index (χ1) is 8.44. The number of hydrogen-bond donors (Lipinski definition) is 0. The van der Waals surface area contributed by atoms with Gasteiger partial charge >= 0.3 is 0 Å². The van der Waals surface area contributed by atoms with Crippen LogP contribution < -0.4 is 0 Å². The monoisotopic (exact) mass is 256 g/mol. The van der Waals surface area contributed by atoms with Crippen LogP contribution in [0.5, 0.6) is 0 Å². The van der Waals surface area contributed by atoms with E-state index in [4.69, 9.17) is 14.2 Å². The minimum atomic E-state index is -0.198. The van der Waals surface area contributed by atoms with Crippen molar-refractivity contribution >= 4 is 0 Å². The van der Waals surface area contributed by atoms with Crippen molar-refractivity contribution in [2.24, 2.45) is 5.92 Å². The standard InChI is InChI=1S/C15H28O3/c1-10(2)16-9-15-8-6-7-13(12(5)18-15)14(15)17-11(3)4/h10-14H,6-9H2,1-5H3/t12-,13-,14?,15+/m0/s1. The van der Waals surface area contributed by atoms with Crippen LogP contribution in [0.2, 0.25) is 0 Å². The molecule has 0 amide bonds. The second-order valence-electron chi connectivity index (χ2n) is 6.41. The van der Waals surface area contributed by atoms with E-state index in [-0.39, 0.29) is 23.9 Å². The summed E-state index contributed by atoms with van der Waals surface area (Å²) in [6.07, 6.45) is 4.53. The largest absolute Gasteiger partial charge is 0.376 e. The Hall–Kier alpha value is -0.120. The first kappa shape index (κ1) is 14.3. The van der Waals surface area contributed by atoms with Crippen LogP contribution in [0.25, 0.3) is 0 Å². The van der Waals surface area contributed by atoms with E-state index in [9.17, 15) is 0 Å². The third-order valence-corrected chi connectivity index (χ3v) is 4.15. The van der Waals surface area contributed by atoms with Crippen LogP contribution in [0.3, 0.4) is 0 Å². The van der Waals surface area contributed by atoms with E-state index in [0.29, 0.717) is 18.6 Å². The summed E-state index contributed by atoms with van der Waals surface area (Å²) in [7, 11) is 0. The van der Waals surface area contributed by atoms with Crippen LogP contribution >= 0.6 is 0 Å². The van der Waals surface area contributed by atoms with Gasteiger partial charge in [0, 0.05) is 5.92 Å². The molecule has 2 fully saturated rings. The molecule has 3 heteroatoms. The molecule has 1 saturated carbocycles. The molecule has 1 heterocycles. The van der Waals surface area contributed by atoms with E-state index < -0.39 is 0 Å². The Morgan fingerprint density at radius 3 is 2.56 bits per heavy atom. The molecule has 0 aromatic rings. The molecule has 0 aromatic carbocycles. The highest BCUT2D eigenvalue weighted by atomic mass is 16.6. The number of ether oxygens (including phenoxy) is 3. The summed E-state index contributed by atoms with van der Waals surface area (Å²) in [6, 6.07) is 0. The van der Waals surface area contributed by atoms with Gasteiger partial charge in [-0.25, -0.2) is 0 Å². The van der Waals surface area contributed by atoms with E-state index in [1.807, 2.05) is 0 Å². The van der Waals surface area contributed by atoms with Crippen molar-refractivity contribution in [2.45, 2.75) is 83.9 Å². The van der Waals surface area contributed by atoms with E-state index in [1.54, 1.807) is 0 Å². The highest BCUT2D eigenvalue weighted by Gasteiger charge is 2.56. The number of fused-ring (bicyclic) bond motifs is 2. The van der Waals surface area contributed by atoms with Crippen molar-refractivity contribution in [3.05, 3.63) is 0 Å². The first-order valence-electron chi connectivity index (χ1n) is 7.39. The summed E-state index contributed by atoms with van der Waals surface area (Å²) in [5.74, 6) is 0.539. The van der Waals surface area contributed by atoms with Crippen molar-refractivity contribution in [1.82, 2.24) is 0 Å². The van der Waals surface area contributed by atoms with Gasteiger partial charge in [-0.15, -0.1) is 0 Å². The summed E-state index contributed by atoms with van der Waals surface area (Å²) < 4.78 is 18.3. The average Bonchev–Trinajstić information content (AvgIpc) is 2.44. The topological polar surface area (TPSA) is 27.7 Å². The minimum absolute atomic E-state index is 0.198. The Balaban J connectivity index is 2.12. The fraction of sp³-hybridized carbons (Fsp3) is 1.00. The van der Waals surface area contributed by atoms with Crippen LogP contribution in [0.4, 0.5) is 0 Å². The number of hydrogen-bond acceptors (Lipinski definition) is 3. The molecule has 18 heavy (non-hydrogen) atoms. The highest BCUT2D eigenvalue weighted by Crippen LogP contribution is 2.48. The van der Waals surface area contributed by atoms with Crippen molar-refractivity contribution in [3.63, 3.8) is 0 Å². The van der Waals surface area contributed by atoms with Crippen LogP contribution in [0.15, 0.2) is 0 Å². The first-order valence-corrected chi connectivity index (χ1v) is 7.39. The van der Waals surface area contributed by atoms with E-state index in [1.165, 1.54) is 12.8 Å². The van der Waals surface area contributed by atoms with Crippen molar-refractivity contribution in [1.29, 1.82) is 0 Å². The molecular formula is C15H28O3. The smallest absolute Gasteiger partial charge is 0.118 e. The molecule has 0 aromatic heterocycles. The van der Waals surface area contributed by atoms with E-state index >= 15 is 0 Å². The molecule has 0 spiro atoms. The Morgan fingerprint density at radius 1 is 1.22 bits per heavy atom. The predicted octanol–water partition coefficient (Wildman–Crippen LogP) is 3.16. The Labute approximate surface area is 111 Å². The Bertz CT molecular complexity index is 277. The summed E-state index contributed by atoms with van der Waals surface area (Å²) in [5.41, 5.74) is -0.198. The Kier molecular flexibility index (Phi) is 4.35. The van der Waals surface area contributed by atoms with E-state index in [0.717, 1.165) is 6.42 Å². The molecule has 2 bridgehead atoms. The minimum Gasteiger partial charge on any atom is -0.376 e. The molecule has 2 aliphatic rings. The summed E-state index contributed by atoms with van der Waals surface area (Å²) in [6.45, 7) is 11.2. The zero-order valence-corrected chi connectivity index (χ0v) is 12.4. The van der Waals surface area contributed by atoms with Crippen molar-refractivity contribution in [2.75, 3.05) is 6.61 Å². The molecule has 1 unspecified atom stereocenters. The van der Waals surface area contributed by atoms with Gasteiger partial charge < -0.3 is 14.2 Å².